The van der Waals surface area contributed by atoms with Crippen molar-refractivity contribution in [2.45, 2.75) is 38.5 Å². The van der Waals surface area contributed by atoms with Crippen LogP contribution in [0, 0.1) is 11.8 Å². The molecule has 1 aliphatic carbocycles. The number of furan rings is 2. The molecule has 2 heterocycles. The normalized spacial score (nSPS) is 28.7. The van der Waals surface area contributed by atoms with Gasteiger partial charge >= 0.3 is 0 Å². The zero-order chi connectivity index (χ0) is 15.7. The van der Waals surface area contributed by atoms with Crippen molar-refractivity contribution in [2.24, 2.45) is 11.8 Å². The van der Waals surface area contributed by atoms with E-state index in [9.17, 15) is 9.59 Å². The molecule has 2 aromatic rings. The number of rotatable bonds is 4. The molecule has 3 rings (SSSR count). The van der Waals surface area contributed by atoms with Crippen molar-refractivity contribution in [2.75, 3.05) is 0 Å². The minimum Gasteiger partial charge on any atom is -0.469 e. The largest absolute Gasteiger partial charge is 0.469 e. The molecule has 0 aromatic carbocycles. The molecule has 2 aromatic heterocycles. The highest BCUT2D eigenvalue weighted by Crippen LogP contribution is 2.48. The quantitative estimate of drug-likeness (QED) is 0.858. The summed E-state index contributed by atoms with van der Waals surface area (Å²) in [6.45, 7) is 3.76. The van der Waals surface area contributed by atoms with Crippen LogP contribution in [0.15, 0.2) is 45.6 Å². The maximum atomic E-state index is 12.6. The van der Waals surface area contributed by atoms with Crippen LogP contribution in [0.2, 0.25) is 0 Å². The van der Waals surface area contributed by atoms with Crippen molar-refractivity contribution < 1.29 is 18.4 Å². The predicted molar refractivity (Wildman–Crippen MR) is 80.5 cm³/mol. The molecule has 116 valence electrons. The van der Waals surface area contributed by atoms with Crippen molar-refractivity contribution >= 4 is 11.6 Å². The number of carbonyl (C=O) groups is 2. The second-order valence-electron chi connectivity index (χ2n) is 5.97. The minimum absolute atomic E-state index is 0.155. The number of hydrogen-bond acceptors (Lipinski definition) is 4. The van der Waals surface area contributed by atoms with Crippen LogP contribution >= 0.6 is 0 Å². The van der Waals surface area contributed by atoms with E-state index in [0.717, 1.165) is 0 Å². The number of carbonyl (C=O) groups excluding carboxylic acids is 2. The van der Waals surface area contributed by atoms with E-state index < -0.39 is 0 Å². The van der Waals surface area contributed by atoms with Crippen molar-refractivity contribution in [3.05, 3.63) is 48.3 Å². The highest BCUT2D eigenvalue weighted by molar-refractivity contribution is 5.90. The third-order valence-corrected chi connectivity index (χ3v) is 4.79. The average molecular weight is 300 g/mol. The zero-order valence-corrected chi connectivity index (χ0v) is 12.8. The summed E-state index contributed by atoms with van der Waals surface area (Å²) in [7, 11) is 0. The van der Waals surface area contributed by atoms with Gasteiger partial charge in [-0.3, -0.25) is 9.59 Å². The van der Waals surface area contributed by atoms with Crippen LogP contribution in [-0.2, 0) is 9.59 Å². The summed E-state index contributed by atoms with van der Waals surface area (Å²) in [6.07, 6.45) is 3.98. The Hall–Kier alpha value is -2.10. The van der Waals surface area contributed by atoms with E-state index >= 15 is 0 Å². The first-order chi connectivity index (χ1) is 10.6. The first-order valence-electron chi connectivity index (χ1n) is 7.75. The van der Waals surface area contributed by atoms with Gasteiger partial charge in [0.15, 0.2) is 0 Å². The van der Waals surface area contributed by atoms with Gasteiger partial charge in [-0.05, 0) is 24.3 Å². The van der Waals surface area contributed by atoms with E-state index in [1.807, 2.05) is 26.0 Å². The van der Waals surface area contributed by atoms with Crippen LogP contribution in [0.3, 0.4) is 0 Å². The molecule has 22 heavy (non-hydrogen) atoms. The topological polar surface area (TPSA) is 60.4 Å². The van der Waals surface area contributed by atoms with Crippen molar-refractivity contribution in [3.63, 3.8) is 0 Å². The average Bonchev–Trinajstić information content (AvgIpc) is 3.21. The maximum absolute atomic E-state index is 12.6. The Labute approximate surface area is 129 Å². The number of Topliss-reactive ketones (excluding diaryl/α,β-unsaturated/α-hetero) is 2. The van der Waals surface area contributed by atoms with Crippen LogP contribution < -0.4 is 0 Å². The summed E-state index contributed by atoms with van der Waals surface area (Å²) in [4.78, 5) is 25.1. The van der Waals surface area contributed by atoms with Crippen LogP contribution in [0.5, 0.6) is 0 Å². The SMILES string of the molecule is CCC(=O)[C@@H]1[C@@H](c2ccco2)[C@H](C)C(=O)C[C@@H]1c1ccco1. The second-order valence-corrected chi connectivity index (χ2v) is 5.97. The molecule has 0 unspecified atom stereocenters. The molecule has 0 N–H and O–H groups in total. The summed E-state index contributed by atoms with van der Waals surface area (Å²) in [6, 6.07) is 7.31. The van der Waals surface area contributed by atoms with Gasteiger partial charge in [0.2, 0.25) is 0 Å². The Morgan fingerprint density at radius 3 is 2.36 bits per heavy atom. The van der Waals surface area contributed by atoms with Crippen molar-refractivity contribution in [1.82, 2.24) is 0 Å². The Balaban J connectivity index is 2.07. The summed E-state index contributed by atoms with van der Waals surface area (Å²) in [5.41, 5.74) is 0. The van der Waals surface area contributed by atoms with Gasteiger partial charge in [0, 0.05) is 36.5 Å². The lowest BCUT2D eigenvalue weighted by atomic mass is 9.63. The molecule has 1 fully saturated rings. The highest BCUT2D eigenvalue weighted by atomic mass is 16.3. The van der Waals surface area contributed by atoms with Gasteiger partial charge in [-0.1, -0.05) is 13.8 Å². The molecule has 0 radical (unpaired) electrons. The van der Waals surface area contributed by atoms with E-state index in [2.05, 4.69) is 0 Å². The third-order valence-electron chi connectivity index (χ3n) is 4.79. The number of ketones is 2. The molecule has 4 heteroatoms. The molecule has 1 saturated carbocycles. The van der Waals surface area contributed by atoms with E-state index in [-0.39, 0.29) is 35.2 Å². The molecule has 0 amide bonds. The molecular weight excluding hydrogens is 280 g/mol. The Morgan fingerprint density at radius 2 is 1.82 bits per heavy atom. The lowest BCUT2D eigenvalue weighted by molar-refractivity contribution is -0.133. The number of hydrogen-bond donors (Lipinski definition) is 0. The first-order valence-corrected chi connectivity index (χ1v) is 7.75. The van der Waals surface area contributed by atoms with E-state index in [4.69, 9.17) is 8.83 Å². The van der Waals surface area contributed by atoms with Gasteiger partial charge < -0.3 is 8.83 Å². The molecule has 0 aliphatic heterocycles. The molecule has 4 atom stereocenters. The maximum Gasteiger partial charge on any atom is 0.137 e. The molecule has 0 spiro atoms. The molecule has 4 nitrogen and oxygen atoms in total. The molecule has 0 bridgehead atoms. The lowest BCUT2D eigenvalue weighted by Gasteiger charge is -2.38. The minimum atomic E-state index is -0.282. The van der Waals surface area contributed by atoms with E-state index in [0.29, 0.717) is 24.4 Å². The van der Waals surface area contributed by atoms with Gasteiger partial charge in [-0.25, -0.2) is 0 Å². The first kappa shape index (κ1) is 14.8. The fraction of sp³-hybridized carbons (Fsp3) is 0.444. The van der Waals surface area contributed by atoms with Crippen molar-refractivity contribution in [1.29, 1.82) is 0 Å². The summed E-state index contributed by atoms with van der Waals surface area (Å²) >= 11 is 0. The molecule has 0 saturated heterocycles. The fourth-order valence-corrected chi connectivity index (χ4v) is 3.64. The monoisotopic (exact) mass is 300 g/mol. The van der Waals surface area contributed by atoms with Gasteiger partial charge in [0.05, 0.1) is 12.5 Å². The van der Waals surface area contributed by atoms with Crippen LogP contribution in [0.4, 0.5) is 0 Å². The van der Waals surface area contributed by atoms with Crippen LogP contribution in [0.25, 0.3) is 0 Å². The van der Waals surface area contributed by atoms with E-state index in [1.165, 1.54) is 0 Å². The summed E-state index contributed by atoms with van der Waals surface area (Å²) in [5, 5.41) is 0. The standard InChI is InChI=1S/C18H20O4/c1-3-13(19)18-12(15-6-4-8-21-15)10-14(20)11(2)17(18)16-7-5-9-22-16/h4-9,11-12,17-18H,3,10H2,1-2H3/t11-,12-,17-,18-/m1/s1. The predicted octanol–water partition coefficient (Wildman–Crippen LogP) is 3.94. The zero-order valence-electron chi connectivity index (χ0n) is 12.8. The Bertz CT molecular complexity index is 639. The van der Waals surface area contributed by atoms with E-state index in [1.54, 1.807) is 24.7 Å². The lowest BCUT2D eigenvalue weighted by Crippen LogP contribution is -2.40. The highest BCUT2D eigenvalue weighted by Gasteiger charge is 2.48. The van der Waals surface area contributed by atoms with Gasteiger partial charge in [-0.2, -0.15) is 0 Å². The Kier molecular flexibility index (Phi) is 4.01. The fourth-order valence-electron chi connectivity index (χ4n) is 3.64. The van der Waals surface area contributed by atoms with Crippen LogP contribution in [-0.4, -0.2) is 11.6 Å². The second kappa shape index (κ2) is 5.95. The van der Waals surface area contributed by atoms with Gasteiger partial charge in [-0.15, -0.1) is 0 Å². The van der Waals surface area contributed by atoms with Gasteiger partial charge in [0.25, 0.3) is 0 Å². The van der Waals surface area contributed by atoms with Crippen molar-refractivity contribution in [3.8, 4) is 0 Å². The molecule has 1 aliphatic rings. The third kappa shape index (κ3) is 2.43. The van der Waals surface area contributed by atoms with Crippen LogP contribution in [0.1, 0.15) is 50.0 Å². The molecular formula is C18H20O4. The summed E-state index contributed by atoms with van der Waals surface area (Å²) < 4.78 is 11.1. The smallest absolute Gasteiger partial charge is 0.137 e. The summed E-state index contributed by atoms with van der Waals surface area (Å²) in [5.74, 6) is 0.797. The van der Waals surface area contributed by atoms with Gasteiger partial charge in [0.1, 0.15) is 23.1 Å². The Morgan fingerprint density at radius 1 is 1.18 bits per heavy atom.